The van der Waals surface area contributed by atoms with Gasteiger partial charge in [-0.25, -0.2) is 4.98 Å². The predicted molar refractivity (Wildman–Crippen MR) is 106 cm³/mol. The second-order valence-electron chi connectivity index (χ2n) is 6.75. The molecular weight excluding hydrogens is 322 g/mol. The number of hydrogen-bond donors (Lipinski definition) is 1. The zero-order valence-corrected chi connectivity index (χ0v) is 15.0. The molecule has 0 aliphatic carbocycles. The summed E-state index contributed by atoms with van der Waals surface area (Å²) in [5, 5.41) is 4.26. The van der Waals surface area contributed by atoms with Gasteiger partial charge in [0.25, 0.3) is 5.91 Å². The number of benzene rings is 2. The van der Waals surface area contributed by atoms with Crippen LogP contribution in [0.2, 0.25) is 0 Å². The fraction of sp³-hybridized carbons (Fsp3) is 0.273. The van der Waals surface area contributed by atoms with E-state index in [0.717, 1.165) is 54.5 Å². The topological polar surface area (TPSA) is 45.2 Å². The van der Waals surface area contributed by atoms with Gasteiger partial charge in [-0.05, 0) is 49.1 Å². The summed E-state index contributed by atoms with van der Waals surface area (Å²) in [7, 11) is 0. The maximum absolute atomic E-state index is 13.0. The van der Waals surface area contributed by atoms with Crippen molar-refractivity contribution in [1.29, 1.82) is 0 Å². The highest BCUT2D eigenvalue weighted by Crippen LogP contribution is 2.25. The van der Waals surface area contributed by atoms with Crippen molar-refractivity contribution in [3.8, 4) is 0 Å². The van der Waals surface area contributed by atoms with Crippen LogP contribution in [0, 0.1) is 0 Å². The van der Waals surface area contributed by atoms with Gasteiger partial charge in [0.15, 0.2) is 0 Å². The van der Waals surface area contributed by atoms with Crippen LogP contribution in [0.3, 0.4) is 0 Å². The van der Waals surface area contributed by atoms with E-state index < -0.39 is 0 Å². The van der Waals surface area contributed by atoms with Crippen LogP contribution in [-0.4, -0.2) is 28.9 Å². The molecule has 2 aromatic carbocycles. The van der Waals surface area contributed by atoms with Gasteiger partial charge < -0.3 is 10.2 Å². The number of nitrogens with one attached hydrogen (secondary N) is 1. The molecule has 4 rings (SSSR count). The Balaban J connectivity index is 1.71. The molecule has 1 N–H and O–H groups in total. The van der Waals surface area contributed by atoms with Gasteiger partial charge in [-0.15, -0.1) is 0 Å². The van der Waals surface area contributed by atoms with Gasteiger partial charge in [0.2, 0.25) is 0 Å². The average molecular weight is 345 g/mol. The van der Waals surface area contributed by atoms with Crippen LogP contribution in [0.1, 0.15) is 35.7 Å². The Bertz CT molecular complexity index is 928. The normalized spacial score (nSPS) is 14.0. The summed E-state index contributed by atoms with van der Waals surface area (Å²) < 4.78 is 0. The van der Waals surface area contributed by atoms with Gasteiger partial charge in [-0.1, -0.05) is 37.3 Å². The van der Waals surface area contributed by atoms with Crippen LogP contribution < -0.4 is 5.32 Å². The Kier molecular flexibility index (Phi) is 4.57. The molecule has 0 unspecified atom stereocenters. The van der Waals surface area contributed by atoms with Gasteiger partial charge in [-0.3, -0.25) is 4.79 Å². The molecule has 0 bridgehead atoms. The number of likely N-dealkylation sites (tertiary alicyclic amines) is 1. The summed E-state index contributed by atoms with van der Waals surface area (Å²) in [5.41, 5.74) is 3.84. The summed E-state index contributed by atoms with van der Waals surface area (Å²) >= 11 is 0. The van der Waals surface area contributed by atoms with Gasteiger partial charge in [0, 0.05) is 24.2 Å². The lowest BCUT2D eigenvalue weighted by molar-refractivity contribution is 0.0794. The third-order valence-corrected chi connectivity index (χ3v) is 4.97. The second-order valence-corrected chi connectivity index (χ2v) is 6.75. The summed E-state index contributed by atoms with van der Waals surface area (Å²) in [6.07, 6.45) is 3.19. The van der Waals surface area contributed by atoms with Crippen molar-refractivity contribution in [2.75, 3.05) is 18.4 Å². The van der Waals surface area contributed by atoms with Crippen molar-refractivity contribution >= 4 is 28.3 Å². The first kappa shape index (κ1) is 16.6. The third-order valence-electron chi connectivity index (χ3n) is 4.97. The van der Waals surface area contributed by atoms with Gasteiger partial charge >= 0.3 is 0 Å². The van der Waals surface area contributed by atoms with E-state index in [9.17, 15) is 4.79 Å². The number of aryl methyl sites for hydroxylation is 1. The highest BCUT2D eigenvalue weighted by Gasteiger charge is 2.22. The smallest absolute Gasteiger partial charge is 0.254 e. The number of carbonyl (C=O) groups excluding carboxylic acids is 1. The molecule has 1 fully saturated rings. The second kappa shape index (κ2) is 7.16. The van der Waals surface area contributed by atoms with Gasteiger partial charge in [-0.2, -0.15) is 0 Å². The molecule has 0 saturated carbocycles. The fourth-order valence-corrected chi connectivity index (χ4v) is 3.48. The van der Waals surface area contributed by atoms with Crippen LogP contribution in [-0.2, 0) is 6.42 Å². The molecule has 1 amide bonds. The summed E-state index contributed by atoms with van der Waals surface area (Å²) in [4.78, 5) is 19.7. The summed E-state index contributed by atoms with van der Waals surface area (Å²) in [6.45, 7) is 3.83. The Labute approximate surface area is 153 Å². The monoisotopic (exact) mass is 345 g/mol. The Morgan fingerprint density at radius 3 is 2.54 bits per heavy atom. The number of amides is 1. The SMILES string of the molecule is CCc1ccc(Nc2cc(C(=O)N3CCCC3)c3ccccc3n2)cc1. The van der Waals surface area contributed by atoms with E-state index >= 15 is 0 Å². The lowest BCUT2D eigenvalue weighted by Crippen LogP contribution is -2.27. The first-order valence-corrected chi connectivity index (χ1v) is 9.29. The minimum absolute atomic E-state index is 0.102. The molecular formula is C22H23N3O. The van der Waals surface area contributed by atoms with Crippen molar-refractivity contribution in [1.82, 2.24) is 9.88 Å². The minimum atomic E-state index is 0.102. The van der Waals surface area contributed by atoms with Crippen molar-refractivity contribution in [2.45, 2.75) is 26.2 Å². The Morgan fingerprint density at radius 1 is 1.08 bits per heavy atom. The van der Waals surface area contributed by atoms with E-state index in [1.807, 2.05) is 35.2 Å². The first-order valence-electron chi connectivity index (χ1n) is 9.29. The van der Waals surface area contributed by atoms with Crippen LogP contribution in [0.25, 0.3) is 10.9 Å². The van der Waals surface area contributed by atoms with E-state index in [0.29, 0.717) is 5.82 Å². The van der Waals surface area contributed by atoms with E-state index in [-0.39, 0.29) is 5.91 Å². The summed E-state index contributed by atoms with van der Waals surface area (Å²) in [6, 6.07) is 18.1. The van der Waals surface area contributed by atoms with Crippen molar-refractivity contribution in [2.24, 2.45) is 0 Å². The number of para-hydroxylation sites is 1. The Morgan fingerprint density at radius 2 is 1.81 bits per heavy atom. The maximum Gasteiger partial charge on any atom is 0.254 e. The molecule has 4 heteroatoms. The molecule has 26 heavy (non-hydrogen) atoms. The largest absolute Gasteiger partial charge is 0.340 e. The standard InChI is InChI=1S/C22H23N3O/c1-2-16-9-11-17(12-10-16)23-21-15-19(22(26)25-13-5-6-14-25)18-7-3-4-8-20(18)24-21/h3-4,7-12,15H,2,5-6,13-14H2,1H3,(H,23,24). The average Bonchev–Trinajstić information content (AvgIpc) is 3.22. The molecule has 1 aliphatic heterocycles. The number of rotatable bonds is 4. The quantitative estimate of drug-likeness (QED) is 0.740. The van der Waals surface area contributed by atoms with Gasteiger partial charge in [0.1, 0.15) is 5.82 Å². The van der Waals surface area contributed by atoms with E-state index in [2.05, 4.69) is 36.5 Å². The fourth-order valence-electron chi connectivity index (χ4n) is 3.48. The zero-order chi connectivity index (χ0) is 17.9. The van der Waals surface area contributed by atoms with Crippen LogP contribution >= 0.6 is 0 Å². The molecule has 0 spiro atoms. The number of hydrogen-bond acceptors (Lipinski definition) is 3. The highest BCUT2D eigenvalue weighted by atomic mass is 16.2. The number of pyridine rings is 1. The van der Waals surface area contributed by atoms with E-state index in [1.54, 1.807) is 0 Å². The third kappa shape index (κ3) is 3.27. The van der Waals surface area contributed by atoms with Crippen LogP contribution in [0.15, 0.2) is 54.6 Å². The number of aromatic nitrogens is 1. The molecule has 1 aromatic heterocycles. The lowest BCUT2D eigenvalue weighted by atomic mass is 10.1. The number of carbonyl (C=O) groups is 1. The maximum atomic E-state index is 13.0. The molecule has 2 heterocycles. The highest BCUT2D eigenvalue weighted by molar-refractivity contribution is 6.07. The van der Waals surface area contributed by atoms with Crippen LogP contribution in [0.5, 0.6) is 0 Å². The molecule has 132 valence electrons. The molecule has 3 aromatic rings. The molecule has 0 atom stereocenters. The molecule has 4 nitrogen and oxygen atoms in total. The van der Waals surface area contributed by atoms with Crippen molar-refractivity contribution in [3.63, 3.8) is 0 Å². The van der Waals surface area contributed by atoms with Gasteiger partial charge in [0.05, 0.1) is 11.1 Å². The van der Waals surface area contributed by atoms with E-state index in [1.165, 1.54) is 5.56 Å². The minimum Gasteiger partial charge on any atom is -0.340 e. The lowest BCUT2D eigenvalue weighted by Gasteiger charge is -2.17. The number of nitrogens with zero attached hydrogens (tertiary/aromatic N) is 2. The predicted octanol–water partition coefficient (Wildman–Crippen LogP) is 4.78. The number of fused-ring (bicyclic) bond motifs is 1. The molecule has 0 radical (unpaired) electrons. The van der Waals surface area contributed by atoms with E-state index in [4.69, 9.17) is 4.98 Å². The Hall–Kier alpha value is -2.88. The number of anilines is 2. The summed E-state index contributed by atoms with van der Waals surface area (Å²) in [5.74, 6) is 0.806. The van der Waals surface area contributed by atoms with Crippen molar-refractivity contribution in [3.05, 3.63) is 65.7 Å². The first-order chi connectivity index (χ1) is 12.7. The molecule has 1 aliphatic rings. The van der Waals surface area contributed by atoms with Crippen LogP contribution in [0.4, 0.5) is 11.5 Å². The zero-order valence-electron chi connectivity index (χ0n) is 15.0. The molecule has 1 saturated heterocycles. The van der Waals surface area contributed by atoms with Crippen molar-refractivity contribution < 1.29 is 4.79 Å².